The van der Waals surface area contributed by atoms with E-state index in [1.54, 1.807) is 4.90 Å². The summed E-state index contributed by atoms with van der Waals surface area (Å²) in [6.45, 7) is 3.08. The first kappa shape index (κ1) is 17.0. The van der Waals surface area contributed by atoms with Crippen LogP contribution >= 0.6 is 0 Å². The zero-order valence-corrected chi connectivity index (χ0v) is 15.0. The molecule has 0 bridgehead atoms. The number of likely N-dealkylation sites (tertiary alicyclic amines) is 1. The minimum atomic E-state index is -0.113. The summed E-state index contributed by atoms with van der Waals surface area (Å²) in [5, 5.41) is 0. The van der Waals surface area contributed by atoms with E-state index in [-0.39, 0.29) is 18.0 Å². The van der Waals surface area contributed by atoms with Gasteiger partial charge in [-0.25, -0.2) is 9.97 Å². The van der Waals surface area contributed by atoms with Gasteiger partial charge in [0.15, 0.2) is 0 Å². The molecule has 1 fully saturated rings. The molecule has 136 valence electrons. The summed E-state index contributed by atoms with van der Waals surface area (Å²) in [6.07, 6.45) is 1.49. The van der Waals surface area contributed by atoms with Gasteiger partial charge < -0.3 is 15.4 Å². The average Bonchev–Trinajstić information content (AvgIpc) is 2.66. The van der Waals surface area contributed by atoms with Crippen molar-refractivity contribution < 1.29 is 9.53 Å². The monoisotopic (exact) mass is 360 g/mol. The molecule has 1 aromatic heterocycles. The number of anilines is 1. The van der Waals surface area contributed by atoms with Crippen molar-refractivity contribution in [3.05, 3.63) is 71.9 Å². The number of ether oxygens (including phenoxy) is 1. The predicted octanol–water partition coefficient (Wildman–Crippen LogP) is 2.94. The van der Waals surface area contributed by atoms with E-state index >= 15 is 0 Å². The van der Waals surface area contributed by atoms with E-state index in [0.717, 1.165) is 16.9 Å². The lowest BCUT2D eigenvalue weighted by atomic mass is 10.0. The number of nitrogens with two attached hydrogens (primary N) is 1. The highest BCUT2D eigenvalue weighted by atomic mass is 16.5. The van der Waals surface area contributed by atoms with Gasteiger partial charge in [-0.05, 0) is 18.6 Å². The molecule has 2 N–H and O–H groups in total. The summed E-state index contributed by atoms with van der Waals surface area (Å²) in [6, 6.07) is 17.4. The SMILES string of the molecule is Cc1ccccc1OC1CN(C(=O)c2cnc(N)nc2-c2ccccc2)C1. The highest BCUT2D eigenvalue weighted by molar-refractivity contribution is 6.00. The number of para-hydroxylation sites is 1. The molecule has 0 aliphatic carbocycles. The molecule has 1 amide bonds. The maximum atomic E-state index is 12.9. The van der Waals surface area contributed by atoms with Gasteiger partial charge in [-0.1, -0.05) is 48.5 Å². The zero-order chi connectivity index (χ0) is 18.8. The van der Waals surface area contributed by atoms with Crippen LogP contribution in [-0.2, 0) is 0 Å². The fourth-order valence-corrected chi connectivity index (χ4v) is 3.09. The van der Waals surface area contributed by atoms with Crippen LogP contribution in [0, 0.1) is 6.92 Å². The lowest BCUT2D eigenvalue weighted by molar-refractivity contribution is 0.0175. The zero-order valence-electron chi connectivity index (χ0n) is 15.0. The van der Waals surface area contributed by atoms with Gasteiger partial charge in [0.2, 0.25) is 5.95 Å². The Hall–Kier alpha value is -3.41. The number of benzene rings is 2. The van der Waals surface area contributed by atoms with Gasteiger partial charge in [0.1, 0.15) is 11.9 Å². The molecule has 1 aliphatic heterocycles. The number of hydrogen-bond donors (Lipinski definition) is 1. The Morgan fingerprint density at radius 1 is 1.11 bits per heavy atom. The van der Waals surface area contributed by atoms with Crippen molar-refractivity contribution in [1.82, 2.24) is 14.9 Å². The highest BCUT2D eigenvalue weighted by Crippen LogP contribution is 2.26. The topological polar surface area (TPSA) is 81.3 Å². The highest BCUT2D eigenvalue weighted by Gasteiger charge is 2.34. The third kappa shape index (κ3) is 3.46. The molecule has 1 aliphatic rings. The van der Waals surface area contributed by atoms with Crippen molar-refractivity contribution in [2.75, 3.05) is 18.8 Å². The van der Waals surface area contributed by atoms with E-state index in [0.29, 0.717) is 24.3 Å². The van der Waals surface area contributed by atoms with Crippen molar-refractivity contribution in [2.45, 2.75) is 13.0 Å². The first-order valence-corrected chi connectivity index (χ1v) is 8.81. The Bertz CT molecular complexity index is 969. The standard InChI is InChI=1S/C21H20N4O2/c1-14-7-5-6-10-18(14)27-16-12-25(13-16)20(26)17-11-23-21(22)24-19(17)15-8-3-2-4-9-15/h2-11,16H,12-13H2,1H3,(H2,22,23,24). The van der Waals surface area contributed by atoms with E-state index < -0.39 is 0 Å². The Balaban J connectivity index is 1.49. The summed E-state index contributed by atoms with van der Waals surface area (Å²) >= 11 is 0. The molecular formula is C21H20N4O2. The van der Waals surface area contributed by atoms with Crippen LogP contribution in [0.2, 0.25) is 0 Å². The number of hydrogen-bond acceptors (Lipinski definition) is 5. The third-order valence-electron chi connectivity index (χ3n) is 4.61. The summed E-state index contributed by atoms with van der Waals surface area (Å²) in [7, 11) is 0. The molecule has 6 nitrogen and oxygen atoms in total. The Labute approximate surface area is 157 Å². The number of carbonyl (C=O) groups is 1. The Kier molecular flexibility index (Phi) is 4.46. The fraction of sp³-hybridized carbons (Fsp3) is 0.190. The lowest BCUT2D eigenvalue weighted by Crippen LogP contribution is -2.56. The number of nitrogens with zero attached hydrogens (tertiary/aromatic N) is 3. The number of amides is 1. The second-order valence-corrected chi connectivity index (χ2v) is 6.57. The van der Waals surface area contributed by atoms with E-state index in [9.17, 15) is 4.79 Å². The van der Waals surface area contributed by atoms with Crippen molar-refractivity contribution in [2.24, 2.45) is 0 Å². The number of nitrogen functional groups attached to an aromatic ring is 1. The minimum Gasteiger partial charge on any atom is -0.486 e. The molecule has 6 heteroatoms. The molecule has 1 saturated heterocycles. The molecule has 3 aromatic rings. The fourth-order valence-electron chi connectivity index (χ4n) is 3.09. The van der Waals surface area contributed by atoms with Crippen molar-refractivity contribution in [1.29, 1.82) is 0 Å². The van der Waals surface area contributed by atoms with Gasteiger partial charge in [-0.2, -0.15) is 0 Å². The average molecular weight is 360 g/mol. The van der Waals surface area contributed by atoms with Crippen LogP contribution in [-0.4, -0.2) is 40.0 Å². The first-order valence-electron chi connectivity index (χ1n) is 8.81. The summed E-state index contributed by atoms with van der Waals surface area (Å²) in [5.74, 6) is 0.892. The molecule has 0 unspecified atom stereocenters. The Morgan fingerprint density at radius 2 is 1.81 bits per heavy atom. The molecule has 2 heterocycles. The van der Waals surface area contributed by atoms with Crippen molar-refractivity contribution >= 4 is 11.9 Å². The molecule has 0 spiro atoms. The van der Waals surface area contributed by atoms with Crippen LogP contribution in [0.3, 0.4) is 0 Å². The van der Waals surface area contributed by atoms with Crippen LogP contribution in [0.15, 0.2) is 60.8 Å². The minimum absolute atomic E-state index is 0.00933. The van der Waals surface area contributed by atoms with Gasteiger partial charge in [-0.3, -0.25) is 4.79 Å². The van der Waals surface area contributed by atoms with E-state index in [1.165, 1.54) is 6.20 Å². The maximum Gasteiger partial charge on any atom is 0.257 e. The van der Waals surface area contributed by atoms with Gasteiger partial charge in [0.05, 0.1) is 24.3 Å². The third-order valence-corrected chi connectivity index (χ3v) is 4.61. The first-order chi connectivity index (χ1) is 13.1. The maximum absolute atomic E-state index is 12.9. The van der Waals surface area contributed by atoms with Crippen LogP contribution in [0.4, 0.5) is 5.95 Å². The number of aromatic nitrogens is 2. The summed E-state index contributed by atoms with van der Waals surface area (Å²) in [5.41, 5.74) is 8.66. The number of rotatable bonds is 4. The smallest absolute Gasteiger partial charge is 0.257 e. The van der Waals surface area contributed by atoms with Gasteiger partial charge in [-0.15, -0.1) is 0 Å². The number of aryl methyl sites for hydroxylation is 1. The molecule has 27 heavy (non-hydrogen) atoms. The van der Waals surface area contributed by atoms with E-state index in [1.807, 2.05) is 61.5 Å². The van der Waals surface area contributed by atoms with E-state index in [4.69, 9.17) is 10.5 Å². The molecule has 0 atom stereocenters. The quantitative estimate of drug-likeness (QED) is 0.774. The number of carbonyl (C=O) groups excluding carboxylic acids is 1. The second-order valence-electron chi connectivity index (χ2n) is 6.57. The molecular weight excluding hydrogens is 340 g/mol. The summed E-state index contributed by atoms with van der Waals surface area (Å²) < 4.78 is 5.99. The van der Waals surface area contributed by atoms with Crippen LogP contribution in [0.1, 0.15) is 15.9 Å². The molecule has 0 saturated carbocycles. The molecule has 2 aromatic carbocycles. The Morgan fingerprint density at radius 3 is 2.56 bits per heavy atom. The van der Waals surface area contributed by atoms with Crippen LogP contribution in [0.25, 0.3) is 11.3 Å². The van der Waals surface area contributed by atoms with Crippen LogP contribution < -0.4 is 10.5 Å². The van der Waals surface area contributed by atoms with Crippen molar-refractivity contribution in [3.63, 3.8) is 0 Å². The summed E-state index contributed by atoms with van der Waals surface area (Å²) in [4.78, 5) is 23.0. The van der Waals surface area contributed by atoms with Crippen LogP contribution in [0.5, 0.6) is 5.75 Å². The predicted molar refractivity (Wildman–Crippen MR) is 103 cm³/mol. The van der Waals surface area contributed by atoms with Crippen molar-refractivity contribution in [3.8, 4) is 17.0 Å². The molecule has 4 rings (SSSR count). The lowest BCUT2D eigenvalue weighted by Gasteiger charge is -2.39. The molecule has 0 radical (unpaired) electrons. The van der Waals surface area contributed by atoms with E-state index in [2.05, 4.69) is 9.97 Å². The largest absolute Gasteiger partial charge is 0.486 e. The van der Waals surface area contributed by atoms with Gasteiger partial charge >= 0.3 is 0 Å². The normalized spacial score (nSPS) is 13.9. The second kappa shape index (κ2) is 7.07. The van der Waals surface area contributed by atoms with Gasteiger partial charge in [0.25, 0.3) is 5.91 Å². The van der Waals surface area contributed by atoms with Gasteiger partial charge in [0, 0.05) is 11.8 Å².